The predicted molar refractivity (Wildman–Crippen MR) is 40.4 cm³/mol. The molecule has 2 atom stereocenters. The molecule has 64 valence electrons. The molecule has 3 heteroatoms. The highest BCUT2D eigenvalue weighted by Crippen LogP contribution is 2.26. The second-order valence-corrected chi connectivity index (χ2v) is 3.00. The van der Waals surface area contributed by atoms with Gasteiger partial charge in [-0.05, 0) is 12.8 Å². The maximum Gasteiger partial charge on any atom is 0.309 e. The zero-order chi connectivity index (χ0) is 8.27. The molecular formula is C8H14O3. The lowest BCUT2D eigenvalue weighted by Crippen LogP contribution is -2.32. The van der Waals surface area contributed by atoms with E-state index in [2.05, 4.69) is 0 Å². The van der Waals surface area contributed by atoms with Gasteiger partial charge in [0, 0.05) is 7.11 Å². The van der Waals surface area contributed by atoms with Crippen molar-refractivity contribution < 1.29 is 14.6 Å². The van der Waals surface area contributed by atoms with Crippen LogP contribution in [0.25, 0.3) is 0 Å². The van der Waals surface area contributed by atoms with Gasteiger partial charge < -0.3 is 9.84 Å². The van der Waals surface area contributed by atoms with E-state index in [4.69, 9.17) is 9.84 Å². The zero-order valence-corrected chi connectivity index (χ0v) is 6.75. The Morgan fingerprint density at radius 2 is 2.09 bits per heavy atom. The molecule has 1 fully saturated rings. The van der Waals surface area contributed by atoms with Crippen LogP contribution in [0.15, 0.2) is 0 Å². The highest BCUT2D eigenvalue weighted by Gasteiger charge is 2.30. The minimum atomic E-state index is -0.712. The topological polar surface area (TPSA) is 46.5 Å². The lowest BCUT2D eigenvalue weighted by molar-refractivity contribution is -0.148. The van der Waals surface area contributed by atoms with E-state index >= 15 is 0 Å². The fourth-order valence-electron chi connectivity index (χ4n) is 1.66. The maximum absolute atomic E-state index is 10.6. The highest BCUT2D eigenvalue weighted by atomic mass is 16.5. The first-order valence-electron chi connectivity index (χ1n) is 4.01. The Hall–Kier alpha value is -0.570. The third-order valence-corrected chi connectivity index (χ3v) is 2.32. The van der Waals surface area contributed by atoms with E-state index in [9.17, 15) is 4.79 Å². The summed E-state index contributed by atoms with van der Waals surface area (Å²) in [6, 6.07) is 0. The minimum Gasteiger partial charge on any atom is -0.481 e. The molecule has 0 aromatic carbocycles. The average Bonchev–Trinajstić information content (AvgIpc) is 2.04. The molecular weight excluding hydrogens is 144 g/mol. The summed E-state index contributed by atoms with van der Waals surface area (Å²) in [5.74, 6) is -0.981. The van der Waals surface area contributed by atoms with E-state index in [0.29, 0.717) is 0 Å². The predicted octanol–water partition coefficient (Wildman–Crippen LogP) is 1.28. The summed E-state index contributed by atoms with van der Waals surface area (Å²) in [5, 5.41) is 8.76. The summed E-state index contributed by atoms with van der Waals surface area (Å²) in [6.45, 7) is 0. The summed E-state index contributed by atoms with van der Waals surface area (Å²) in [7, 11) is 1.59. The lowest BCUT2D eigenvalue weighted by Gasteiger charge is -2.26. The van der Waals surface area contributed by atoms with Crippen LogP contribution in [0.1, 0.15) is 25.7 Å². The summed E-state index contributed by atoms with van der Waals surface area (Å²) in [4.78, 5) is 10.6. The standard InChI is InChI=1S/C8H14O3/c1-11-7-5-3-2-4-6(7)8(9)10/h6-7H,2-5H2,1H3,(H,9,10)/t6-,7+/m1/s1. The molecule has 0 spiro atoms. The molecule has 1 aliphatic carbocycles. The molecule has 11 heavy (non-hydrogen) atoms. The molecule has 1 saturated carbocycles. The van der Waals surface area contributed by atoms with Crippen molar-refractivity contribution in [3.63, 3.8) is 0 Å². The van der Waals surface area contributed by atoms with Crippen molar-refractivity contribution >= 4 is 5.97 Å². The quantitative estimate of drug-likeness (QED) is 0.658. The van der Waals surface area contributed by atoms with E-state index in [-0.39, 0.29) is 12.0 Å². The molecule has 1 aliphatic rings. The second kappa shape index (κ2) is 3.72. The number of carboxylic acid groups (broad SMARTS) is 1. The Labute approximate surface area is 66.4 Å². The first-order chi connectivity index (χ1) is 5.25. The van der Waals surface area contributed by atoms with Gasteiger partial charge in [0.25, 0.3) is 0 Å². The Balaban J connectivity index is 2.51. The third-order valence-electron chi connectivity index (χ3n) is 2.32. The second-order valence-electron chi connectivity index (χ2n) is 3.00. The van der Waals surface area contributed by atoms with Gasteiger partial charge in [-0.25, -0.2) is 0 Å². The largest absolute Gasteiger partial charge is 0.481 e. The third kappa shape index (κ3) is 1.93. The van der Waals surface area contributed by atoms with Crippen molar-refractivity contribution in [2.75, 3.05) is 7.11 Å². The number of carboxylic acids is 1. The number of aliphatic carboxylic acids is 1. The van der Waals surface area contributed by atoms with E-state index in [1.54, 1.807) is 7.11 Å². The maximum atomic E-state index is 10.6. The summed E-state index contributed by atoms with van der Waals surface area (Å²) < 4.78 is 5.08. The number of hydrogen-bond acceptors (Lipinski definition) is 2. The number of rotatable bonds is 2. The molecule has 0 heterocycles. The Kier molecular flexibility index (Phi) is 2.88. The minimum absolute atomic E-state index is 0.0544. The van der Waals surface area contributed by atoms with Crippen LogP contribution in [-0.4, -0.2) is 24.3 Å². The summed E-state index contributed by atoms with van der Waals surface area (Å²) in [5.41, 5.74) is 0. The van der Waals surface area contributed by atoms with Crippen molar-refractivity contribution in [1.29, 1.82) is 0 Å². The van der Waals surface area contributed by atoms with Crippen LogP contribution in [0.2, 0.25) is 0 Å². The number of hydrogen-bond donors (Lipinski definition) is 1. The number of methoxy groups -OCH3 is 1. The van der Waals surface area contributed by atoms with Crippen LogP contribution in [0.5, 0.6) is 0 Å². The Morgan fingerprint density at radius 3 is 2.55 bits per heavy atom. The van der Waals surface area contributed by atoms with Crippen molar-refractivity contribution in [1.82, 2.24) is 0 Å². The molecule has 1 rings (SSSR count). The van der Waals surface area contributed by atoms with Crippen molar-refractivity contribution in [3.8, 4) is 0 Å². The molecule has 1 N–H and O–H groups in total. The van der Waals surface area contributed by atoms with Gasteiger partial charge in [0.1, 0.15) is 0 Å². The van der Waals surface area contributed by atoms with Crippen molar-refractivity contribution in [3.05, 3.63) is 0 Å². The van der Waals surface area contributed by atoms with Crippen LogP contribution in [0, 0.1) is 5.92 Å². The van der Waals surface area contributed by atoms with Gasteiger partial charge in [0.05, 0.1) is 12.0 Å². The SMILES string of the molecule is CO[C@H]1CCCC[C@H]1C(=O)O. The van der Waals surface area contributed by atoms with Gasteiger partial charge in [0.2, 0.25) is 0 Å². The zero-order valence-electron chi connectivity index (χ0n) is 6.75. The molecule has 0 aromatic heterocycles. The molecule has 0 bridgehead atoms. The van der Waals surface area contributed by atoms with Crippen molar-refractivity contribution in [2.45, 2.75) is 31.8 Å². The first kappa shape index (κ1) is 8.53. The molecule has 0 aromatic rings. The van der Waals surface area contributed by atoms with E-state index in [1.165, 1.54) is 0 Å². The van der Waals surface area contributed by atoms with Crippen LogP contribution < -0.4 is 0 Å². The van der Waals surface area contributed by atoms with Crippen LogP contribution in [0.4, 0.5) is 0 Å². The van der Waals surface area contributed by atoms with Crippen LogP contribution in [-0.2, 0) is 9.53 Å². The summed E-state index contributed by atoms with van der Waals surface area (Å²) in [6.07, 6.45) is 3.74. The molecule has 0 aliphatic heterocycles. The first-order valence-corrected chi connectivity index (χ1v) is 4.01. The Bertz CT molecular complexity index is 144. The van der Waals surface area contributed by atoms with E-state index in [1.807, 2.05) is 0 Å². The van der Waals surface area contributed by atoms with Crippen molar-refractivity contribution in [2.24, 2.45) is 5.92 Å². The van der Waals surface area contributed by atoms with Crippen LogP contribution >= 0.6 is 0 Å². The van der Waals surface area contributed by atoms with Gasteiger partial charge in [-0.3, -0.25) is 4.79 Å². The van der Waals surface area contributed by atoms with E-state index < -0.39 is 5.97 Å². The fraction of sp³-hybridized carbons (Fsp3) is 0.875. The van der Waals surface area contributed by atoms with Gasteiger partial charge in [-0.15, -0.1) is 0 Å². The number of ether oxygens (including phenoxy) is 1. The summed E-state index contributed by atoms with van der Waals surface area (Å²) >= 11 is 0. The van der Waals surface area contributed by atoms with Gasteiger partial charge >= 0.3 is 5.97 Å². The van der Waals surface area contributed by atoms with Gasteiger partial charge in [0.15, 0.2) is 0 Å². The fourth-order valence-corrected chi connectivity index (χ4v) is 1.66. The Morgan fingerprint density at radius 1 is 1.45 bits per heavy atom. The number of carbonyl (C=O) groups is 1. The smallest absolute Gasteiger partial charge is 0.309 e. The monoisotopic (exact) mass is 158 g/mol. The normalized spacial score (nSPS) is 31.7. The lowest BCUT2D eigenvalue weighted by atomic mass is 9.86. The van der Waals surface area contributed by atoms with Gasteiger partial charge in [-0.2, -0.15) is 0 Å². The molecule has 0 unspecified atom stereocenters. The van der Waals surface area contributed by atoms with Crippen LogP contribution in [0.3, 0.4) is 0 Å². The molecule has 0 amide bonds. The average molecular weight is 158 g/mol. The highest BCUT2D eigenvalue weighted by molar-refractivity contribution is 5.70. The molecule has 0 saturated heterocycles. The molecule has 0 radical (unpaired) electrons. The van der Waals surface area contributed by atoms with E-state index in [0.717, 1.165) is 25.7 Å². The van der Waals surface area contributed by atoms with Gasteiger partial charge in [-0.1, -0.05) is 12.8 Å². The molecule has 3 nitrogen and oxygen atoms in total.